The van der Waals surface area contributed by atoms with Crippen molar-refractivity contribution in [3.05, 3.63) is 35.9 Å². The molecule has 1 aromatic carbocycles. The van der Waals surface area contributed by atoms with Crippen LogP contribution in [-0.4, -0.2) is 112 Å². The van der Waals surface area contributed by atoms with E-state index in [1.165, 1.54) is 16.9 Å². The Balaban J connectivity index is 0.000000777. The number of carboxylic acids is 2. The second-order valence-electron chi connectivity index (χ2n) is 13.5. The zero-order valence-electron chi connectivity index (χ0n) is 28.3. The third-order valence-electron chi connectivity index (χ3n) is 9.42. The molecule has 0 aromatic heterocycles. The Bertz CT molecular complexity index is 1210. The van der Waals surface area contributed by atoms with Gasteiger partial charge in [-0.3, -0.25) is 23.5 Å². The molecule has 11 nitrogen and oxygen atoms in total. The normalized spacial score (nSPS) is 22.9. The van der Waals surface area contributed by atoms with Crippen LogP contribution in [0.15, 0.2) is 30.3 Å². The fourth-order valence-corrected chi connectivity index (χ4v) is 9.00. The molecule has 4 rings (SSSR count). The number of hydrogen-bond donors (Lipinski definition) is 3. The Morgan fingerprint density at radius 2 is 1.65 bits per heavy atom. The number of esters is 1. The van der Waals surface area contributed by atoms with E-state index in [1.54, 1.807) is 6.92 Å². The molecule has 2 aliphatic heterocycles. The first-order chi connectivity index (χ1) is 22.4. The van der Waals surface area contributed by atoms with Crippen LogP contribution in [0.25, 0.3) is 0 Å². The molecular weight excluding hydrogens is 646 g/mol. The van der Waals surface area contributed by atoms with Gasteiger partial charge in [0.25, 0.3) is 0 Å². The van der Waals surface area contributed by atoms with Crippen LogP contribution >= 0.6 is 7.37 Å². The Kier molecular flexibility index (Phi) is 19.0. The maximum atomic E-state index is 14.2. The molecule has 2 saturated heterocycles. The van der Waals surface area contributed by atoms with Crippen LogP contribution in [0.2, 0.25) is 0 Å². The number of unbranched alkanes of at least 4 members (excludes halogenated alkanes) is 1. The summed E-state index contributed by atoms with van der Waals surface area (Å²) in [6, 6.07) is 8.83. The number of ether oxygens (including phenoxy) is 1. The average molecular weight is 703 g/mol. The van der Waals surface area contributed by atoms with Crippen LogP contribution < -0.4 is 5.32 Å². The molecule has 266 valence electrons. The third-order valence-corrected chi connectivity index (χ3v) is 11.8. The van der Waals surface area contributed by atoms with Gasteiger partial charge in [-0.05, 0) is 62.5 Å². The first-order valence-electron chi connectivity index (χ1n) is 17.4. The molecule has 1 aliphatic carbocycles. The number of aliphatic carboxylic acids is 2. The van der Waals surface area contributed by atoms with Crippen LogP contribution in [0, 0.1) is 17.8 Å². The summed E-state index contributed by atoms with van der Waals surface area (Å²) in [5, 5.41) is 21.1. The Hall–Kier alpha value is -1.75. The fourth-order valence-electron chi connectivity index (χ4n) is 6.69. The van der Waals surface area contributed by atoms with E-state index in [1.807, 2.05) is 44.2 Å². The number of nitrogens with one attached hydrogen (secondary N) is 1. The quantitative estimate of drug-likeness (QED) is 0.0720. The van der Waals surface area contributed by atoms with Crippen molar-refractivity contribution in [3.63, 3.8) is 0 Å². The van der Waals surface area contributed by atoms with Gasteiger partial charge < -0.3 is 25.2 Å². The molecule has 3 fully saturated rings. The summed E-state index contributed by atoms with van der Waals surface area (Å²) in [6.45, 7) is 6.54. The van der Waals surface area contributed by atoms with E-state index < -0.39 is 43.5 Å². The zero-order chi connectivity index (χ0) is 34.4. The van der Waals surface area contributed by atoms with Crippen molar-refractivity contribution in [2.75, 3.05) is 25.4 Å². The van der Waals surface area contributed by atoms with Gasteiger partial charge in [0.15, 0.2) is 0 Å². The standard InChI is InChI=1S/C30H46NO7P.C5H9NO2.Na.H/c1-4-28(33)37-30(22(2)3)38-39(36,18-12-11-15-23-13-7-5-8-14-23)21-27(32)31-20-25(19-26(31)29(34)35)24-16-9-6-10-17-24;7-5(8)4-2-1-3-6-4;;/h5,7-8,13-14,22,24-26,30H,4,6,9-12,15-21H2,1-3H3,(H,34,35);4,6H,1-3H2,(H,7,8);;/t25-,26+,30?,39-;;;/m1.../s1. The molecule has 1 amide bonds. The summed E-state index contributed by atoms with van der Waals surface area (Å²) in [4.78, 5) is 49.3. The molecule has 0 spiro atoms. The van der Waals surface area contributed by atoms with Crippen molar-refractivity contribution in [3.8, 4) is 0 Å². The van der Waals surface area contributed by atoms with E-state index in [0.29, 0.717) is 25.3 Å². The molecule has 1 aromatic rings. The summed E-state index contributed by atoms with van der Waals surface area (Å²) in [5.41, 5.74) is 1.18. The topological polar surface area (TPSA) is 160 Å². The van der Waals surface area contributed by atoms with Crippen LogP contribution in [0.4, 0.5) is 0 Å². The molecule has 13 heteroatoms. The number of rotatable bonds is 15. The molecule has 2 heterocycles. The van der Waals surface area contributed by atoms with Crippen molar-refractivity contribution in [1.82, 2.24) is 10.2 Å². The average Bonchev–Trinajstić information content (AvgIpc) is 3.76. The molecule has 3 N–H and O–H groups in total. The molecular formula is C35H56N2NaO9P. The molecule has 0 bridgehead atoms. The SMILES string of the molecule is CCC(=O)OC(O[P@](=O)(CCCCc1ccccc1)CC(=O)N1C[C@H](C2CCCCC2)C[C@H]1C(=O)O)C(C)C.O=C(O)C1CCCN1.[NaH]. The number of carbonyl (C=O) groups is 4. The van der Waals surface area contributed by atoms with Crippen LogP contribution in [0.5, 0.6) is 0 Å². The number of carboxylic acid groups (broad SMARTS) is 2. The van der Waals surface area contributed by atoms with Gasteiger partial charge in [0.05, 0.1) is 0 Å². The summed E-state index contributed by atoms with van der Waals surface area (Å²) in [5.74, 6) is -2.33. The Morgan fingerprint density at radius 3 is 2.19 bits per heavy atom. The molecule has 1 saturated carbocycles. The first-order valence-corrected chi connectivity index (χ1v) is 19.4. The van der Waals surface area contributed by atoms with Gasteiger partial charge in [-0.15, -0.1) is 0 Å². The Labute approximate surface area is 308 Å². The summed E-state index contributed by atoms with van der Waals surface area (Å²) in [6.07, 6.45) is 8.91. The summed E-state index contributed by atoms with van der Waals surface area (Å²) in [7, 11) is -3.60. The van der Waals surface area contributed by atoms with Gasteiger partial charge in [0.2, 0.25) is 19.6 Å². The van der Waals surface area contributed by atoms with Gasteiger partial charge in [-0.1, -0.05) is 83.2 Å². The minimum atomic E-state index is -3.60. The molecule has 0 radical (unpaired) electrons. The van der Waals surface area contributed by atoms with E-state index in [4.69, 9.17) is 14.4 Å². The number of likely N-dealkylation sites (tertiary alicyclic amines) is 1. The van der Waals surface area contributed by atoms with Gasteiger partial charge in [0.1, 0.15) is 18.2 Å². The second kappa shape index (κ2) is 21.5. The number of hydrogen-bond acceptors (Lipinski definition) is 8. The zero-order valence-corrected chi connectivity index (χ0v) is 29.2. The van der Waals surface area contributed by atoms with Gasteiger partial charge >= 0.3 is 47.5 Å². The van der Waals surface area contributed by atoms with Gasteiger partial charge in [0, 0.05) is 25.0 Å². The minimum absolute atomic E-state index is 0. The molecule has 48 heavy (non-hydrogen) atoms. The van der Waals surface area contributed by atoms with Crippen LogP contribution in [0.1, 0.15) is 97.0 Å². The maximum absolute atomic E-state index is 14.2. The van der Waals surface area contributed by atoms with Gasteiger partial charge in [-0.25, -0.2) is 4.79 Å². The van der Waals surface area contributed by atoms with E-state index in [-0.39, 0.29) is 66.2 Å². The third kappa shape index (κ3) is 13.9. The number of benzene rings is 1. The van der Waals surface area contributed by atoms with Crippen molar-refractivity contribution in [1.29, 1.82) is 0 Å². The van der Waals surface area contributed by atoms with Crippen molar-refractivity contribution in [2.45, 2.75) is 116 Å². The van der Waals surface area contributed by atoms with E-state index in [2.05, 4.69) is 5.32 Å². The number of nitrogens with zero attached hydrogens (tertiary/aromatic N) is 1. The summed E-state index contributed by atoms with van der Waals surface area (Å²) < 4.78 is 25.7. The van der Waals surface area contributed by atoms with Crippen molar-refractivity contribution in [2.24, 2.45) is 17.8 Å². The predicted octanol–water partition coefficient (Wildman–Crippen LogP) is 5.30. The Morgan fingerprint density at radius 1 is 0.958 bits per heavy atom. The second-order valence-corrected chi connectivity index (χ2v) is 16.1. The van der Waals surface area contributed by atoms with E-state index >= 15 is 0 Å². The monoisotopic (exact) mass is 702 g/mol. The van der Waals surface area contributed by atoms with Gasteiger partial charge in [-0.2, -0.15) is 0 Å². The summed E-state index contributed by atoms with van der Waals surface area (Å²) >= 11 is 0. The number of aryl methyl sites for hydroxylation is 1. The fraction of sp³-hybridized carbons (Fsp3) is 0.714. The number of amides is 1. The number of carbonyl (C=O) groups excluding carboxylic acids is 2. The first kappa shape index (κ1) is 42.4. The van der Waals surface area contributed by atoms with E-state index in [0.717, 1.165) is 57.9 Å². The molecule has 5 atom stereocenters. The van der Waals surface area contributed by atoms with Crippen molar-refractivity contribution < 1.29 is 43.2 Å². The van der Waals surface area contributed by atoms with E-state index in [9.17, 15) is 28.8 Å². The van der Waals surface area contributed by atoms with Crippen LogP contribution in [-0.2, 0) is 39.4 Å². The van der Waals surface area contributed by atoms with Crippen molar-refractivity contribution >= 4 is 60.7 Å². The predicted molar refractivity (Wildman–Crippen MR) is 186 cm³/mol. The molecule has 2 unspecified atom stereocenters. The van der Waals surface area contributed by atoms with Crippen LogP contribution in [0.3, 0.4) is 0 Å². The molecule has 3 aliphatic rings.